The first-order valence-electron chi connectivity index (χ1n) is 13.6. The van der Waals surface area contributed by atoms with Gasteiger partial charge in [-0.2, -0.15) is 0 Å². The van der Waals surface area contributed by atoms with Crippen molar-refractivity contribution in [3.8, 4) is 23.0 Å². The number of para-hydroxylation sites is 4. The van der Waals surface area contributed by atoms with Crippen LogP contribution in [0.4, 0.5) is 17.1 Å². The number of hydrogen-bond acceptors (Lipinski definition) is 4. The minimum atomic E-state index is -0.722. The Balaban J connectivity index is 1.16. The minimum absolute atomic E-state index is 0.688. The molecule has 0 spiro atoms. The maximum Gasteiger partial charge on any atom is 0.471 e. The lowest BCUT2D eigenvalue weighted by atomic mass is 10.1. The van der Waals surface area contributed by atoms with Gasteiger partial charge in [0.25, 0.3) is 5.52 Å². The zero-order valence-corrected chi connectivity index (χ0v) is 22.1. The summed E-state index contributed by atoms with van der Waals surface area (Å²) in [5, 5.41) is 2.41. The number of rotatable bonds is 5. The molecule has 0 aliphatic carbocycles. The number of aromatic nitrogens is 1. The number of fused-ring (bicyclic) bond motifs is 6. The molecule has 1 aliphatic rings. The summed E-state index contributed by atoms with van der Waals surface area (Å²) in [4.78, 5) is 2.25. The Morgan fingerprint density at radius 1 is 0.585 bits per heavy atom. The predicted molar refractivity (Wildman–Crippen MR) is 161 cm³/mol. The summed E-state index contributed by atoms with van der Waals surface area (Å²) < 4.78 is 21.1. The molecule has 0 saturated heterocycles. The van der Waals surface area contributed by atoms with Gasteiger partial charge in [0.15, 0.2) is 0 Å². The van der Waals surface area contributed by atoms with E-state index in [4.69, 9.17) is 13.9 Å². The van der Waals surface area contributed by atoms with E-state index < -0.39 is 6.41 Å². The first-order valence-corrected chi connectivity index (χ1v) is 13.6. The van der Waals surface area contributed by atoms with E-state index in [0.717, 1.165) is 39.5 Å². The van der Waals surface area contributed by atoms with E-state index in [2.05, 4.69) is 83.8 Å². The number of oxazole rings is 1. The van der Waals surface area contributed by atoms with Crippen molar-refractivity contribution >= 4 is 38.9 Å². The van der Waals surface area contributed by atoms with Crippen LogP contribution in [0.2, 0.25) is 0 Å². The summed E-state index contributed by atoms with van der Waals surface area (Å²) >= 11 is 0. The summed E-state index contributed by atoms with van der Waals surface area (Å²) in [6.45, 7) is 0. The average molecular weight is 534 g/mol. The highest BCUT2D eigenvalue weighted by Gasteiger charge is 2.41. The van der Waals surface area contributed by atoms with Crippen LogP contribution in [0, 0.1) is 0 Å². The van der Waals surface area contributed by atoms with Gasteiger partial charge < -0.3 is 18.8 Å². The average Bonchev–Trinajstić information content (AvgIpc) is 3.43. The van der Waals surface area contributed by atoms with E-state index in [1.807, 2.05) is 71.3 Å². The molecule has 1 unspecified atom stereocenters. The summed E-state index contributed by atoms with van der Waals surface area (Å²) in [7, 11) is 0. The maximum absolute atomic E-state index is 6.47. The van der Waals surface area contributed by atoms with Crippen LogP contribution in [-0.4, -0.2) is 0 Å². The molecule has 1 aromatic heterocycles. The molecule has 0 N–H and O–H groups in total. The molecule has 7 aromatic rings. The zero-order chi connectivity index (χ0) is 27.2. The highest BCUT2D eigenvalue weighted by molar-refractivity contribution is 5.89. The summed E-state index contributed by atoms with van der Waals surface area (Å²) in [5.41, 5.74) is 5.77. The van der Waals surface area contributed by atoms with Crippen molar-refractivity contribution in [2.45, 2.75) is 6.41 Å². The van der Waals surface area contributed by atoms with E-state index in [-0.39, 0.29) is 0 Å². The van der Waals surface area contributed by atoms with Crippen LogP contribution in [-0.2, 0) is 0 Å². The molecular weight excluding hydrogens is 508 g/mol. The predicted octanol–water partition coefficient (Wildman–Crippen LogP) is 8.94. The third-order valence-electron chi connectivity index (χ3n) is 7.44. The molecule has 8 rings (SSSR count). The van der Waals surface area contributed by atoms with Gasteiger partial charge in [0, 0.05) is 23.1 Å². The fourth-order valence-electron chi connectivity index (χ4n) is 5.51. The smallest absolute Gasteiger partial charge is 0.401 e. The van der Waals surface area contributed by atoms with E-state index in [9.17, 15) is 0 Å². The molecule has 5 heteroatoms. The lowest BCUT2D eigenvalue weighted by Crippen LogP contribution is -2.49. The summed E-state index contributed by atoms with van der Waals surface area (Å²) in [5.74, 6) is 2.12. The molecule has 1 aliphatic heterocycles. The summed E-state index contributed by atoms with van der Waals surface area (Å²) in [6.07, 6.45) is -0.722. The first kappa shape index (κ1) is 23.3. The standard InChI is InChI=1S/C36H25N2O3/c1-2-12-27(13-3-1)37(29-19-18-25-10-4-5-11-26(25)24-29)28-20-22-30(23-21-28)39-36-38-32-15-7-9-17-34(32)40-35(38)31-14-6-8-16-33(31)41-36/h1-24,36H/q+1. The maximum atomic E-state index is 6.47. The minimum Gasteiger partial charge on any atom is -0.401 e. The monoisotopic (exact) mass is 533 g/mol. The topological polar surface area (TPSA) is 38.7 Å². The lowest BCUT2D eigenvalue weighted by Gasteiger charge is -2.26. The third-order valence-corrected chi connectivity index (χ3v) is 7.44. The summed E-state index contributed by atoms with van der Waals surface area (Å²) in [6, 6.07) is 49.3. The van der Waals surface area contributed by atoms with Gasteiger partial charge in [-0.05, 0) is 77.5 Å². The molecule has 0 fully saturated rings. The number of ether oxygens (including phenoxy) is 2. The van der Waals surface area contributed by atoms with Crippen LogP contribution in [0.15, 0.2) is 150 Å². The van der Waals surface area contributed by atoms with Crippen LogP contribution in [0.5, 0.6) is 11.5 Å². The van der Waals surface area contributed by atoms with Gasteiger partial charge in [0.05, 0.1) is 0 Å². The molecule has 1 atom stereocenters. The SMILES string of the molecule is c1ccc(N(c2ccc(OC3Oc4ccccc4-c4oc5ccccc5[n+]43)cc2)c2ccc3ccccc3c2)cc1. The number of nitrogens with zero attached hydrogens (tertiary/aromatic N) is 2. The van der Waals surface area contributed by atoms with Gasteiger partial charge >= 0.3 is 12.3 Å². The number of benzene rings is 6. The van der Waals surface area contributed by atoms with Crippen molar-refractivity contribution in [2.75, 3.05) is 4.90 Å². The molecule has 5 nitrogen and oxygen atoms in total. The lowest BCUT2D eigenvalue weighted by molar-refractivity contribution is -0.762. The molecule has 41 heavy (non-hydrogen) atoms. The Hall–Kier alpha value is -5.55. The highest BCUT2D eigenvalue weighted by Crippen LogP contribution is 2.39. The second-order valence-electron chi connectivity index (χ2n) is 9.98. The largest absolute Gasteiger partial charge is 0.471 e. The molecule has 6 aromatic carbocycles. The fourth-order valence-corrected chi connectivity index (χ4v) is 5.51. The van der Waals surface area contributed by atoms with Crippen LogP contribution >= 0.6 is 0 Å². The van der Waals surface area contributed by atoms with Gasteiger partial charge in [0.1, 0.15) is 17.1 Å². The normalized spacial score (nSPS) is 13.8. The zero-order valence-electron chi connectivity index (χ0n) is 22.1. The van der Waals surface area contributed by atoms with Gasteiger partial charge in [-0.3, -0.25) is 0 Å². The van der Waals surface area contributed by atoms with E-state index in [0.29, 0.717) is 11.6 Å². The Morgan fingerprint density at radius 3 is 2.15 bits per heavy atom. The Morgan fingerprint density at radius 2 is 1.27 bits per heavy atom. The molecular formula is C36H25N2O3+. The van der Waals surface area contributed by atoms with Crippen molar-refractivity contribution in [2.24, 2.45) is 0 Å². The van der Waals surface area contributed by atoms with Crippen molar-refractivity contribution < 1.29 is 18.5 Å². The van der Waals surface area contributed by atoms with Gasteiger partial charge in [0.2, 0.25) is 5.58 Å². The van der Waals surface area contributed by atoms with Gasteiger partial charge in [-0.1, -0.05) is 77.4 Å². The van der Waals surface area contributed by atoms with Gasteiger partial charge in [-0.25, -0.2) is 0 Å². The van der Waals surface area contributed by atoms with Crippen LogP contribution < -0.4 is 18.9 Å². The van der Waals surface area contributed by atoms with Crippen LogP contribution in [0.1, 0.15) is 6.41 Å². The number of hydrogen-bond donors (Lipinski definition) is 0. The molecule has 0 amide bonds. The Bertz CT molecular complexity index is 2020. The van der Waals surface area contributed by atoms with E-state index >= 15 is 0 Å². The fraction of sp³-hybridized carbons (Fsp3) is 0.0278. The van der Waals surface area contributed by atoms with E-state index in [1.165, 1.54) is 10.8 Å². The van der Waals surface area contributed by atoms with Crippen molar-refractivity contribution in [3.05, 3.63) is 146 Å². The Labute approximate surface area is 237 Å². The molecule has 2 heterocycles. The second-order valence-corrected chi connectivity index (χ2v) is 9.98. The van der Waals surface area contributed by atoms with Crippen molar-refractivity contribution in [1.29, 1.82) is 0 Å². The van der Waals surface area contributed by atoms with Gasteiger partial charge in [-0.15, -0.1) is 0 Å². The third kappa shape index (κ3) is 4.07. The van der Waals surface area contributed by atoms with Crippen molar-refractivity contribution in [1.82, 2.24) is 0 Å². The molecule has 0 bridgehead atoms. The first-order chi connectivity index (χ1) is 20.3. The molecule has 196 valence electrons. The van der Waals surface area contributed by atoms with Crippen LogP contribution in [0.3, 0.4) is 0 Å². The molecule has 0 saturated carbocycles. The second kappa shape index (κ2) is 9.57. The van der Waals surface area contributed by atoms with E-state index in [1.54, 1.807) is 0 Å². The van der Waals surface area contributed by atoms with Crippen LogP contribution in [0.25, 0.3) is 33.3 Å². The van der Waals surface area contributed by atoms with Crippen molar-refractivity contribution in [3.63, 3.8) is 0 Å². The quantitative estimate of drug-likeness (QED) is 0.207. The molecule has 0 radical (unpaired) electrons. The Kier molecular flexibility index (Phi) is 5.45. The number of anilines is 3. The highest BCUT2D eigenvalue weighted by atomic mass is 16.7.